The first-order valence-corrected chi connectivity index (χ1v) is 3.23. The van der Waals surface area contributed by atoms with Crippen molar-refractivity contribution < 1.29 is 9.18 Å². The van der Waals surface area contributed by atoms with Crippen LogP contribution in [0.2, 0.25) is 0 Å². The van der Waals surface area contributed by atoms with Gasteiger partial charge in [0.2, 0.25) is 0 Å². The Hall–Kier alpha value is -1.18. The van der Waals surface area contributed by atoms with E-state index in [0.29, 0.717) is 0 Å². The summed E-state index contributed by atoms with van der Waals surface area (Å²) in [6, 6.07) is 0. The molecule has 1 nitrogen and oxygen atoms in total. The van der Waals surface area contributed by atoms with Crippen LogP contribution in [0.4, 0.5) is 4.39 Å². The van der Waals surface area contributed by atoms with Crippen molar-refractivity contribution in [1.29, 1.82) is 0 Å². The Morgan fingerprint density at radius 2 is 1.91 bits per heavy atom. The molecule has 0 fully saturated rings. The zero-order valence-electron chi connectivity index (χ0n) is 6.73. The van der Waals surface area contributed by atoms with Crippen molar-refractivity contribution in [3.63, 3.8) is 0 Å². The molecule has 0 atom stereocenters. The largest absolute Gasteiger partial charge is 0.295 e. The predicted octanol–water partition coefficient (Wildman–Crippen LogP) is 2.56. The van der Waals surface area contributed by atoms with E-state index in [2.05, 4.69) is 6.58 Å². The van der Waals surface area contributed by atoms with E-state index in [4.69, 9.17) is 0 Å². The van der Waals surface area contributed by atoms with Crippen LogP contribution in [-0.2, 0) is 4.79 Å². The first kappa shape index (κ1) is 9.82. The van der Waals surface area contributed by atoms with Gasteiger partial charge in [0.05, 0.1) is 0 Å². The Bertz CT molecular complexity index is 224. The van der Waals surface area contributed by atoms with Crippen LogP contribution >= 0.6 is 0 Å². The molecule has 0 rings (SSSR count). The number of carbonyl (C=O) groups is 1. The fraction of sp³-hybridized carbons (Fsp3) is 0.222. The van der Waals surface area contributed by atoms with Crippen LogP contribution in [0.15, 0.2) is 36.2 Å². The van der Waals surface area contributed by atoms with Gasteiger partial charge < -0.3 is 0 Å². The van der Waals surface area contributed by atoms with Crippen LogP contribution < -0.4 is 0 Å². The minimum absolute atomic E-state index is 0.297. The first-order valence-electron chi connectivity index (χ1n) is 3.23. The van der Waals surface area contributed by atoms with Crippen molar-refractivity contribution in [3.8, 4) is 0 Å². The Morgan fingerprint density at radius 3 is 2.27 bits per heavy atom. The fourth-order valence-electron chi connectivity index (χ4n) is 0.464. The Balaban J connectivity index is 4.17. The van der Waals surface area contributed by atoms with Crippen molar-refractivity contribution in [3.05, 3.63) is 36.2 Å². The zero-order chi connectivity index (χ0) is 8.85. The third-order valence-corrected chi connectivity index (χ3v) is 0.868. The molecule has 0 aromatic rings. The van der Waals surface area contributed by atoms with Crippen molar-refractivity contribution >= 4 is 5.78 Å². The van der Waals surface area contributed by atoms with Crippen LogP contribution in [0, 0.1) is 0 Å². The molecular formula is C9H11FO. The first-order chi connectivity index (χ1) is 5.02. The van der Waals surface area contributed by atoms with Crippen LogP contribution in [0.3, 0.4) is 0 Å². The number of rotatable bonds is 3. The third-order valence-electron chi connectivity index (χ3n) is 0.868. The Morgan fingerprint density at radius 1 is 1.36 bits per heavy atom. The monoisotopic (exact) mass is 154 g/mol. The summed E-state index contributed by atoms with van der Waals surface area (Å²) in [5.41, 5.74) is 0.747. The molecule has 0 heterocycles. The maximum atomic E-state index is 12.5. The molecule has 2 heteroatoms. The highest BCUT2D eigenvalue weighted by Gasteiger charge is 1.89. The topological polar surface area (TPSA) is 17.1 Å². The number of halogens is 1. The second kappa shape index (κ2) is 4.61. The average Bonchev–Trinajstić information content (AvgIpc) is 1.82. The molecule has 60 valence electrons. The van der Waals surface area contributed by atoms with Crippen molar-refractivity contribution in [2.24, 2.45) is 0 Å². The summed E-state index contributed by atoms with van der Waals surface area (Å²) >= 11 is 0. The van der Waals surface area contributed by atoms with Crippen LogP contribution in [0.5, 0.6) is 0 Å². The zero-order valence-corrected chi connectivity index (χ0v) is 6.73. The molecule has 0 saturated heterocycles. The lowest BCUT2D eigenvalue weighted by molar-refractivity contribution is -0.112. The van der Waals surface area contributed by atoms with Gasteiger partial charge in [-0.3, -0.25) is 4.79 Å². The second-order valence-corrected chi connectivity index (χ2v) is 2.32. The standard InChI is InChI=1S/C9H11FO/c1-7(2)4-5-9(10)6-8(3)11/h4-6H,1H2,2-3H3/b5-4-,9-6-. The molecule has 11 heavy (non-hydrogen) atoms. The molecule has 0 saturated carbocycles. The van der Waals surface area contributed by atoms with E-state index in [1.54, 1.807) is 6.92 Å². The Kier molecular flexibility index (Phi) is 4.11. The van der Waals surface area contributed by atoms with E-state index in [9.17, 15) is 9.18 Å². The van der Waals surface area contributed by atoms with Gasteiger partial charge in [-0.05, 0) is 19.9 Å². The minimum Gasteiger partial charge on any atom is -0.295 e. The van der Waals surface area contributed by atoms with Gasteiger partial charge in [-0.2, -0.15) is 0 Å². The van der Waals surface area contributed by atoms with Gasteiger partial charge in [-0.25, -0.2) is 4.39 Å². The van der Waals surface area contributed by atoms with E-state index in [0.717, 1.165) is 11.6 Å². The van der Waals surface area contributed by atoms with Gasteiger partial charge in [-0.1, -0.05) is 18.2 Å². The molecule has 0 amide bonds. The smallest absolute Gasteiger partial charge is 0.155 e. The lowest BCUT2D eigenvalue weighted by Crippen LogP contribution is -1.81. The predicted molar refractivity (Wildman–Crippen MR) is 43.8 cm³/mol. The van der Waals surface area contributed by atoms with Gasteiger partial charge in [0.1, 0.15) is 5.83 Å². The quantitative estimate of drug-likeness (QED) is 0.451. The van der Waals surface area contributed by atoms with Gasteiger partial charge in [0.15, 0.2) is 5.78 Å². The fourth-order valence-corrected chi connectivity index (χ4v) is 0.464. The second-order valence-electron chi connectivity index (χ2n) is 2.32. The molecule has 0 spiro atoms. The SMILES string of the molecule is C=C(C)/C=C\C(F)=C\C(C)=O. The Labute approximate surface area is 65.9 Å². The molecule has 0 aliphatic carbocycles. The average molecular weight is 154 g/mol. The van der Waals surface area contributed by atoms with Crippen LogP contribution in [0.25, 0.3) is 0 Å². The molecule has 0 bridgehead atoms. The van der Waals surface area contributed by atoms with Gasteiger partial charge in [0, 0.05) is 6.08 Å². The van der Waals surface area contributed by atoms with Gasteiger partial charge >= 0.3 is 0 Å². The normalized spacial score (nSPS) is 12.1. The van der Waals surface area contributed by atoms with Gasteiger partial charge in [-0.15, -0.1) is 0 Å². The van der Waals surface area contributed by atoms with Gasteiger partial charge in [0.25, 0.3) is 0 Å². The summed E-state index contributed by atoms with van der Waals surface area (Å²) in [6.07, 6.45) is 3.65. The molecule has 0 aromatic heterocycles. The molecule has 0 N–H and O–H groups in total. The van der Waals surface area contributed by atoms with Crippen molar-refractivity contribution in [1.82, 2.24) is 0 Å². The number of ketones is 1. The van der Waals surface area contributed by atoms with E-state index in [1.165, 1.54) is 19.1 Å². The van der Waals surface area contributed by atoms with Crippen LogP contribution in [0.1, 0.15) is 13.8 Å². The summed E-state index contributed by atoms with van der Waals surface area (Å²) in [7, 11) is 0. The molecule has 0 aliphatic heterocycles. The van der Waals surface area contributed by atoms with E-state index in [1.807, 2.05) is 0 Å². The summed E-state index contributed by atoms with van der Waals surface area (Å²) in [5, 5.41) is 0. The maximum Gasteiger partial charge on any atom is 0.155 e. The molecular weight excluding hydrogens is 143 g/mol. The lowest BCUT2D eigenvalue weighted by Gasteiger charge is -1.85. The number of carbonyl (C=O) groups excluding carboxylic acids is 1. The van der Waals surface area contributed by atoms with E-state index in [-0.39, 0.29) is 5.78 Å². The molecule has 0 aliphatic rings. The minimum atomic E-state index is -0.541. The molecule has 0 unspecified atom stereocenters. The van der Waals surface area contributed by atoms with E-state index < -0.39 is 5.83 Å². The highest BCUT2D eigenvalue weighted by atomic mass is 19.1. The maximum absolute atomic E-state index is 12.5. The highest BCUT2D eigenvalue weighted by molar-refractivity contribution is 5.88. The summed E-state index contributed by atoms with van der Waals surface area (Å²) in [6.45, 7) is 6.59. The van der Waals surface area contributed by atoms with Crippen molar-refractivity contribution in [2.45, 2.75) is 13.8 Å². The summed E-state index contributed by atoms with van der Waals surface area (Å²) in [5.74, 6) is -0.839. The third kappa shape index (κ3) is 6.71. The number of hydrogen-bond acceptors (Lipinski definition) is 1. The highest BCUT2D eigenvalue weighted by Crippen LogP contribution is 2.00. The lowest BCUT2D eigenvalue weighted by atomic mass is 10.3. The molecule has 0 radical (unpaired) electrons. The number of allylic oxidation sites excluding steroid dienone is 5. The molecule has 0 aromatic carbocycles. The summed E-state index contributed by atoms with van der Waals surface area (Å²) < 4.78 is 12.5. The van der Waals surface area contributed by atoms with Crippen molar-refractivity contribution in [2.75, 3.05) is 0 Å². The number of hydrogen-bond donors (Lipinski definition) is 0. The van der Waals surface area contributed by atoms with E-state index >= 15 is 0 Å². The summed E-state index contributed by atoms with van der Waals surface area (Å²) in [4.78, 5) is 10.3. The van der Waals surface area contributed by atoms with Crippen LogP contribution in [-0.4, -0.2) is 5.78 Å².